The molecule has 0 aromatic heterocycles. The van der Waals surface area contributed by atoms with Crippen LogP contribution in [0.2, 0.25) is 0 Å². The number of nitrogens with one attached hydrogen (secondary N) is 1. The zero-order chi connectivity index (χ0) is 17.1. The Balaban J connectivity index is 1.48. The number of ether oxygens (including phenoxy) is 1. The average molecular weight is 332 g/mol. The number of amides is 1. The van der Waals surface area contributed by atoms with E-state index in [-0.39, 0.29) is 18.6 Å². The average Bonchev–Trinajstić information content (AvgIpc) is 3.22. The molecule has 3 rings (SSSR count). The number of hydrogen-bond acceptors (Lipinski definition) is 4. The Hall–Kier alpha value is -1.59. The Bertz CT molecular complexity index is 586. The second-order valence-electron chi connectivity index (χ2n) is 7.17. The molecule has 0 spiro atoms. The highest BCUT2D eigenvalue weighted by molar-refractivity contribution is 5.82. The summed E-state index contributed by atoms with van der Waals surface area (Å²) in [6.45, 7) is 5.65. The Morgan fingerprint density at radius 1 is 1.38 bits per heavy atom. The minimum Gasteiger partial charge on any atom is -0.491 e. The third-order valence-electron chi connectivity index (χ3n) is 4.80. The number of carbonyl (C=O) groups excluding carboxylic acids is 1. The molecule has 132 valence electrons. The van der Waals surface area contributed by atoms with Crippen molar-refractivity contribution in [2.45, 2.75) is 57.7 Å². The maximum absolute atomic E-state index is 12.3. The van der Waals surface area contributed by atoms with Crippen molar-refractivity contribution in [3.63, 3.8) is 0 Å². The van der Waals surface area contributed by atoms with Crippen LogP contribution in [0.4, 0.5) is 0 Å². The van der Waals surface area contributed by atoms with E-state index in [1.807, 2.05) is 26.0 Å². The zero-order valence-electron chi connectivity index (χ0n) is 14.6. The molecule has 1 heterocycles. The standard InChI is InChI=1S/C19H28N2O3/c1-13-5-8-18(14(2)10-13)24-12-16(22)11-21-9-3-4-17(21)19(23)20-15-6-7-15/h5,8,10,15-17,22H,3-4,6-7,9,11-12H2,1-2H3,(H,20,23). The maximum atomic E-state index is 12.3. The largest absolute Gasteiger partial charge is 0.491 e. The Kier molecular flexibility index (Phi) is 5.41. The molecule has 2 aliphatic rings. The topological polar surface area (TPSA) is 61.8 Å². The summed E-state index contributed by atoms with van der Waals surface area (Å²) >= 11 is 0. The Labute approximate surface area is 144 Å². The predicted molar refractivity (Wildman–Crippen MR) is 93.2 cm³/mol. The minimum atomic E-state index is -0.597. The summed E-state index contributed by atoms with van der Waals surface area (Å²) < 4.78 is 5.76. The molecule has 24 heavy (non-hydrogen) atoms. The second-order valence-corrected chi connectivity index (χ2v) is 7.17. The lowest BCUT2D eigenvalue weighted by Crippen LogP contribution is -2.47. The van der Waals surface area contributed by atoms with Crippen LogP contribution in [0.5, 0.6) is 5.75 Å². The SMILES string of the molecule is Cc1ccc(OCC(O)CN2CCCC2C(=O)NC2CC2)c(C)c1. The molecule has 1 amide bonds. The molecule has 2 fully saturated rings. The lowest BCUT2D eigenvalue weighted by atomic mass is 10.1. The first-order valence-electron chi connectivity index (χ1n) is 8.95. The van der Waals surface area contributed by atoms with Gasteiger partial charge >= 0.3 is 0 Å². The maximum Gasteiger partial charge on any atom is 0.237 e. The van der Waals surface area contributed by atoms with Gasteiger partial charge in [-0.25, -0.2) is 0 Å². The van der Waals surface area contributed by atoms with Crippen molar-refractivity contribution in [3.05, 3.63) is 29.3 Å². The van der Waals surface area contributed by atoms with Gasteiger partial charge in [0.15, 0.2) is 0 Å². The molecule has 0 bridgehead atoms. The quantitative estimate of drug-likeness (QED) is 0.799. The number of benzene rings is 1. The van der Waals surface area contributed by atoms with E-state index in [1.165, 1.54) is 5.56 Å². The van der Waals surface area contributed by atoms with Gasteiger partial charge in [0.05, 0.1) is 6.04 Å². The smallest absolute Gasteiger partial charge is 0.237 e. The first-order valence-corrected chi connectivity index (χ1v) is 8.95. The van der Waals surface area contributed by atoms with Gasteiger partial charge in [0.1, 0.15) is 18.5 Å². The van der Waals surface area contributed by atoms with Gasteiger partial charge in [0.25, 0.3) is 0 Å². The van der Waals surface area contributed by atoms with E-state index in [2.05, 4.69) is 16.3 Å². The molecule has 2 N–H and O–H groups in total. The van der Waals surface area contributed by atoms with Gasteiger partial charge in [0.2, 0.25) is 5.91 Å². The van der Waals surface area contributed by atoms with Gasteiger partial charge in [-0.3, -0.25) is 9.69 Å². The van der Waals surface area contributed by atoms with Gasteiger partial charge in [-0.15, -0.1) is 0 Å². The summed E-state index contributed by atoms with van der Waals surface area (Å²) in [7, 11) is 0. The van der Waals surface area contributed by atoms with Crippen LogP contribution in [0.1, 0.15) is 36.8 Å². The summed E-state index contributed by atoms with van der Waals surface area (Å²) in [5.41, 5.74) is 2.27. The summed E-state index contributed by atoms with van der Waals surface area (Å²) in [4.78, 5) is 14.4. The summed E-state index contributed by atoms with van der Waals surface area (Å²) in [5.74, 6) is 0.932. The number of aliphatic hydroxyl groups is 1. The Morgan fingerprint density at radius 3 is 2.88 bits per heavy atom. The number of carbonyl (C=O) groups is 1. The summed E-state index contributed by atoms with van der Waals surface area (Å²) in [6.07, 6.45) is 3.49. The third-order valence-corrected chi connectivity index (χ3v) is 4.80. The van der Waals surface area contributed by atoms with E-state index in [9.17, 15) is 9.90 Å². The fourth-order valence-electron chi connectivity index (χ4n) is 3.34. The minimum absolute atomic E-state index is 0.0960. The highest BCUT2D eigenvalue weighted by atomic mass is 16.5. The fraction of sp³-hybridized carbons (Fsp3) is 0.632. The third kappa shape index (κ3) is 4.48. The molecule has 5 heteroatoms. The van der Waals surface area contributed by atoms with Crippen LogP contribution in [0.3, 0.4) is 0 Å². The van der Waals surface area contributed by atoms with Crippen LogP contribution in [0.15, 0.2) is 18.2 Å². The number of nitrogens with zero attached hydrogens (tertiary/aromatic N) is 1. The fourth-order valence-corrected chi connectivity index (χ4v) is 3.34. The lowest BCUT2D eigenvalue weighted by Gasteiger charge is -2.26. The van der Waals surface area contributed by atoms with Crippen LogP contribution < -0.4 is 10.1 Å². The molecule has 5 nitrogen and oxygen atoms in total. The van der Waals surface area contributed by atoms with E-state index in [1.54, 1.807) is 0 Å². The molecule has 1 aliphatic heterocycles. The molecule has 1 aliphatic carbocycles. The van der Waals surface area contributed by atoms with Gasteiger partial charge in [-0.05, 0) is 57.7 Å². The predicted octanol–water partition coefficient (Wildman–Crippen LogP) is 1.79. The highest BCUT2D eigenvalue weighted by Crippen LogP contribution is 2.23. The molecule has 2 unspecified atom stereocenters. The van der Waals surface area contributed by atoms with Crippen LogP contribution >= 0.6 is 0 Å². The molecule has 1 aromatic carbocycles. The van der Waals surface area contributed by atoms with Crippen molar-refractivity contribution in [1.82, 2.24) is 10.2 Å². The van der Waals surface area contributed by atoms with E-state index in [0.29, 0.717) is 12.6 Å². The van der Waals surface area contributed by atoms with Gasteiger partial charge < -0.3 is 15.2 Å². The summed E-state index contributed by atoms with van der Waals surface area (Å²) in [5, 5.41) is 13.4. The molecular formula is C19H28N2O3. The van der Waals surface area contributed by atoms with E-state index in [0.717, 1.165) is 43.5 Å². The van der Waals surface area contributed by atoms with Crippen LogP contribution in [-0.4, -0.2) is 53.8 Å². The van der Waals surface area contributed by atoms with Crippen molar-refractivity contribution in [3.8, 4) is 5.75 Å². The number of rotatable bonds is 7. The van der Waals surface area contributed by atoms with Gasteiger partial charge in [-0.1, -0.05) is 17.7 Å². The van der Waals surface area contributed by atoms with E-state index >= 15 is 0 Å². The number of likely N-dealkylation sites (tertiary alicyclic amines) is 1. The summed E-state index contributed by atoms with van der Waals surface area (Å²) in [6, 6.07) is 6.31. The highest BCUT2D eigenvalue weighted by Gasteiger charge is 2.34. The number of hydrogen-bond donors (Lipinski definition) is 2. The van der Waals surface area contributed by atoms with Crippen molar-refractivity contribution < 1.29 is 14.6 Å². The molecule has 1 saturated heterocycles. The second kappa shape index (κ2) is 7.53. The molecular weight excluding hydrogens is 304 g/mol. The molecule has 1 saturated carbocycles. The van der Waals surface area contributed by atoms with Crippen molar-refractivity contribution in [1.29, 1.82) is 0 Å². The monoisotopic (exact) mass is 332 g/mol. The van der Waals surface area contributed by atoms with Crippen molar-refractivity contribution in [2.24, 2.45) is 0 Å². The van der Waals surface area contributed by atoms with E-state index in [4.69, 9.17) is 4.74 Å². The van der Waals surface area contributed by atoms with Crippen molar-refractivity contribution in [2.75, 3.05) is 19.7 Å². The first kappa shape index (κ1) is 17.2. The first-order chi connectivity index (χ1) is 11.5. The van der Waals surface area contributed by atoms with Crippen molar-refractivity contribution >= 4 is 5.91 Å². The molecule has 1 aromatic rings. The normalized spacial score (nSPS) is 22.4. The number of aryl methyl sites for hydroxylation is 2. The van der Waals surface area contributed by atoms with Crippen LogP contribution in [0.25, 0.3) is 0 Å². The molecule has 0 radical (unpaired) electrons. The molecule has 2 atom stereocenters. The Morgan fingerprint density at radius 2 is 2.17 bits per heavy atom. The number of aliphatic hydroxyl groups excluding tert-OH is 1. The van der Waals surface area contributed by atoms with Crippen LogP contribution in [-0.2, 0) is 4.79 Å². The number of β-amino-alcohol motifs (C(OH)–C–C–N with tert-alkyl or cyclic N) is 1. The van der Waals surface area contributed by atoms with Crippen LogP contribution in [0, 0.1) is 13.8 Å². The zero-order valence-corrected chi connectivity index (χ0v) is 14.6. The lowest BCUT2D eigenvalue weighted by molar-refractivity contribution is -0.126. The van der Waals surface area contributed by atoms with E-state index < -0.39 is 6.10 Å². The van der Waals surface area contributed by atoms with Gasteiger partial charge in [0, 0.05) is 12.6 Å². The van der Waals surface area contributed by atoms with Gasteiger partial charge in [-0.2, -0.15) is 0 Å².